The van der Waals surface area contributed by atoms with Gasteiger partial charge in [-0.25, -0.2) is 19.6 Å². The van der Waals surface area contributed by atoms with Crippen molar-refractivity contribution in [3.8, 4) is 0 Å². The van der Waals surface area contributed by atoms with Gasteiger partial charge in [-0.1, -0.05) is 0 Å². The predicted octanol–water partition coefficient (Wildman–Crippen LogP) is 5.44. The van der Waals surface area contributed by atoms with Gasteiger partial charge in [0.1, 0.15) is 28.8 Å². The van der Waals surface area contributed by atoms with Crippen LogP contribution in [0.1, 0.15) is 68.7 Å². The first-order chi connectivity index (χ1) is 15.4. The fourth-order valence-corrected chi connectivity index (χ4v) is 3.69. The SMILES string of the molecule is CC(C)(C)OC(=O)CCn1cc(I)c2c(N(C(=O)OC(C)(C)C)C(=O)OC(C)(C)C)ncnc21. The Labute approximate surface area is 213 Å². The van der Waals surface area contributed by atoms with Gasteiger partial charge in [0.2, 0.25) is 0 Å². The molecule has 0 saturated carbocycles. The van der Waals surface area contributed by atoms with Gasteiger partial charge in [-0.3, -0.25) is 4.79 Å². The summed E-state index contributed by atoms with van der Waals surface area (Å²) in [7, 11) is 0. The first-order valence-corrected chi connectivity index (χ1v) is 11.9. The molecule has 0 aliphatic carbocycles. The van der Waals surface area contributed by atoms with Crippen LogP contribution in [0.15, 0.2) is 12.5 Å². The van der Waals surface area contributed by atoms with Crippen LogP contribution in [0, 0.1) is 3.57 Å². The van der Waals surface area contributed by atoms with Gasteiger partial charge in [-0.05, 0) is 84.9 Å². The van der Waals surface area contributed by atoms with Crippen molar-refractivity contribution in [2.75, 3.05) is 4.90 Å². The number of rotatable bonds is 4. The van der Waals surface area contributed by atoms with Crippen LogP contribution in [0.25, 0.3) is 11.0 Å². The summed E-state index contributed by atoms with van der Waals surface area (Å²) in [6.07, 6.45) is 1.31. The maximum atomic E-state index is 13.1. The molecule has 2 heterocycles. The maximum absolute atomic E-state index is 13.1. The molecule has 2 rings (SSSR count). The highest BCUT2D eigenvalue weighted by Gasteiger charge is 2.35. The second-order valence-electron chi connectivity index (χ2n) is 10.7. The standard InChI is InChI=1S/C23H33IN4O6/c1-21(2,3)32-15(29)10-11-27-12-14(24)16-17(27)25-13-26-18(16)28(19(30)33-22(4,5)6)20(31)34-23(7,8)9/h12-13H,10-11H2,1-9H3. The Morgan fingerprint density at radius 3 is 1.85 bits per heavy atom. The summed E-state index contributed by atoms with van der Waals surface area (Å²) < 4.78 is 18.8. The molecule has 0 aromatic carbocycles. The first-order valence-electron chi connectivity index (χ1n) is 10.9. The molecular weight excluding hydrogens is 555 g/mol. The fourth-order valence-electron chi connectivity index (χ4n) is 2.87. The Morgan fingerprint density at radius 1 is 0.882 bits per heavy atom. The van der Waals surface area contributed by atoms with Crippen molar-refractivity contribution in [2.24, 2.45) is 0 Å². The number of amides is 2. The zero-order valence-electron chi connectivity index (χ0n) is 21.2. The highest BCUT2D eigenvalue weighted by atomic mass is 127. The van der Waals surface area contributed by atoms with Crippen LogP contribution in [0.4, 0.5) is 15.4 Å². The van der Waals surface area contributed by atoms with E-state index in [2.05, 4.69) is 32.6 Å². The molecule has 0 fully saturated rings. The molecule has 2 aromatic rings. The molecule has 0 N–H and O–H groups in total. The number of halogens is 1. The van der Waals surface area contributed by atoms with E-state index in [9.17, 15) is 14.4 Å². The van der Waals surface area contributed by atoms with Crippen molar-refractivity contribution >= 4 is 57.6 Å². The molecule has 10 nitrogen and oxygen atoms in total. The van der Waals surface area contributed by atoms with Gasteiger partial charge in [0, 0.05) is 16.3 Å². The molecule has 0 aliphatic rings. The highest BCUT2D eigenvalue weighted by molar-refractivity contribution is 14.1. The number of hydrogen-bond donors (Lipinski definition) is 0. The van der Waals surface area contributed by atoms with E-state index in [0.29, 0.717) is 21.1 Å². The van der Waals surface area contributed by atoms with Crippen LogP contribution in [0.2, 0.25) is 0 Å². The van der Waals surface area contributed by atoms with Crippen molar-refractivity contribution in [1.29, 1.82) is 0 Å². The van der Waals surface area contributed by atoms with Gasteiger partial charge in [-0.2, -0.15) is 4.90 Å². The summed E-state index contributed by atoms with van der Waals surface area (Å²) in [6, 6.07) is 0. The zero-order valence-corrected chi connectivity index (χ0v) is 23.3. The van der Waals surface area contributed by atoms with Crippen LogP contribution in [0.3, 0.4) is 0 Å². The van der Waals surface area contributed by atoms with Crippen molar-refractivity contribution in [3.63, 3.8) is 0 Å². The molecule has 0 spiro atoms. The van der Waals surface area contributed by atoms with E-state index in [1.165, 1.54) is 6.33 Å². The largest absolute Gasteiger partial charge is 0.460 e. The number of nitrogens with zero attached hydrogens (tertiary/aromatic N) is 4. The van der Waals surface area contributed by atoms with E-state index in [1.54, 1.807) is 73.1 Å². The van der Waals surface area contributed by atoms with Crippen LogP contribution in [-0.2, 0) is 25.5 Å². The summed E-state index contributed by atoms with van der Waals surface area (Å²) in [5.41, 5.74) is -1.83. The Balaban J connectivity index is 2.50. The minimum Gasteiger partial charge on any atom is -0.460 e. The number of hydrogen-bond acceptors (Lipinski definition) is 8. The third-order valence-electron chi connectivity index (χ3n) is 3.93. The van der Waals surface area contributed by atoms with Crippen molar-refractivity contribution in [3.05, 3.63) is 16.1 Å². The Morgan fingerprint density at radius 2 is 1.38 bits per heavy atom. The summed E-state index contributed by atoms with van der Waals surface area (Å²) in [6.45, 7) is 15.9. The van der Waals surface area contributed by atoms with Gasteiger partial charge in [0.15, 0.2) is 5.82 Å². The first kappa shape index (κ1) is 27.8. The number of aryl methyl sites for hydroxylation is 1. The number of aromatic nitrogens is 3. The number of fused-ring (bicyclic) bond motifs is 1. The van der Waals surface area contributed by atoms with E-state index < -0.39 is 29.0 Å². The van der Waals surface area contributed by atoms with Crippen LogP contribution >= 0.6 is 22.6 Å². The molecule has 0 aliphatic heterocycles. The molecular formula is C23H33IN4O6. The highest BCUT2D eigenvalue weighted by Crippen LogP contribution is 2.31. The van der Waals surface area contributed by atoms with Gasteiger partial charge in [0.25, 0.3) is 0 Å². The third-order valence-corrected chi connectivity index (χ3v) is 4.75. The molecule has 0 radical (unpaired) electrons. The lowest BCUT2D eigenvalue weighted by molar-refractivity contribution is -0.155. The second-order valence-corrected chi connectivity index (χ2v) is 11.9. The second kappa shape index (κ2) is 10.0. The maximum Gasteiger partial charge on any atom is 0.425 e. The summed E-state index contributed by atoms with van der Waals surface area (Å²) in [4.78, 5) is 47.7. The smallest absolute Gasteiger partial charge is 0.425 e. The molecule has 34 heavy (non-hydrogen) atoms. The normalized spacial score (nSPS) is 12.4. The molecule has 2 amide bonds. The monoisotopic (exact) mass is 588 g/mol. The minimum absolute atomic E-state index is 0.0360. The van der Waals surface area contributed by atoms with Gasteiger partial charge in [-0.15, -0.1) is 0 Å². The van der Waals surface area contributed by atoms with Crippen molar-refractivity contribution < 1.29 is 28.6 Å². The molecule has 0 saturated heterocycles. The molecule has 0 atom stereocenters. The molecule has 11 heteroatoms. The lowest BCUT2D eigenvalue weighted by Crippen LogP contribution is -2.44. The Kier molecular flexibility index (Phi) is 8.21. The molecule has 2 aromatic heterocycles. The van der Waals surface area contributed by atoms with Crippen LogP contribution < -0.4 is 4.90 Å². The Hall–Kier alpha value is -2.44. The van der Waals surface area contributed by atoms with E-state index in [0.717, 1.165) is 4.90 Å². The summed E-state index contributed by atoms with van der Waals surface area (Å²) >= 11 is 2.07. The molecule has 0 unspecified atom stereocenters. The van der Waals surface area contributed by atoms with Crippen molar-refractivity contribution in [1.82, 2.24) is 14.5 Å². The third kappa shape index (κ3) is 7.81. The summed E-state index contributed by atoms with van der Waals surface area (Å²) in [5.74, 6) is -0.309. The lowest BCUT2D eigenvalue weighted by atomic mass is 10.2. The van der Waals surface area contributed by atoms with Gasteiger partial charge >= 0.3 is 18.2 Å². The number of carbonyl (C=O) groups is 3. The average molecular weight is 588 g/mol. The van der Waals surface area contributed by atoms with E-state index in [-0.39, 0.29) is 18.2 Å². The lowest BCUT2D eigenvalue weighted by Gasteiger charge is -2.28. The van der Waals surface area contributed by atoms with Crippen LogP contribution in [0.5, 0.6) is 0 Å². The quantitative estimate of drug-likeness (QED) is 0.264. The number of carbonyl (C=O) groups excluding carboxylic acids is 3. The average Bonchev–Trinajstić information content (AvgIpc) is 2.92. The topological polar surface area (TPSA) is 113 Å². The fraction of sp³-hybridized carbons (Fsp3) is 0.609. The molecule has 0 bridgehead atoms. The van der Waals surface area contributed by atoms with Crippen molar-refractivity contribution in [2.45, 2.75) is 92.1 Å². The summed E-state index contributed by atoms with van der Waals surface area (Å²) in [5, 5.41) is 0.462. The number of anilines is 1. The Bertz CT molecular complexity index is 1050. The van der Waals surface area contributed by atoms with E-state index in [1.807, 2.05) is 0 Å². The number of imide groups is 1. The van der Waals surface area contributed by atoms with Gasteiger partial charge < -0.3 is 18.8 Å². The zero-order chi connectivity index (χ0) is 26.1. The number of esters is 1. The van der Waals surface area contributed by atoms with Crippen LogP contribution in [-0.4, -0.2) is 49.5 Å². The molecule has 188 valence electrons. The minimum atomic E-state index is -0.918. The van der Waals surface area contributed by atoms with Gasteiger partial charge in [0.05, 0.1) is 11.8 Å². The number of ether oxygens (including phenoxy) is 3. The van der Waals surface area contributed by atoms with E-state index in [4.69, 9.17) is 14.2 Å². The van der Waals surface area contributed by atoms with E-state index >= 15 is 0 Å². The predicted molar refractivity (Wildman–Crippen MR) is 136 cm³/mol.